The van der Waals surface area contributed by atoms with Crippen LogP contribution in [0.25, 0.3) is 0 Å². The Bertz CT molecular complexity index is 177. The van der Waals surface area contributed by atoms with Crippen LogP contribution in [0.1, 0.15) is 40.0 Å². The van der Waals surface area contributed by atoms with Crippen molar-refractivity contribution in [1.82, 2.24) is 0 Å². The Morgan fingerprint density at radius 1 is 1.45 bits per heavy atom. The second kappa shape index (κ2) is 3.46. The van der Waals surface area contributed by atoms with Crippen molar-refractivity contribution < 1.29 is 0 Å². The van der Waals surface area contributed by atoms with E-state index in [-0.39, 0.29) is 0 Å². The normalized spacial score (nSPS) is 24.0. The van der Waals surface area contributed by atoms with Crippen LogP contribution in [0.5, 0.6) is 0 Å². The number of hydrogen-bond acceptors (Lipinski definition) is 0. The SMILES string of the molecule is CC1=C(CI)CCCC1(C)C. The van der Waals surface area contributed by atoms with Crippen LogP contribution in [0.2, 0.25) is 0 Å². The minimum Gasteiger partial charge on any atom is -0.0815 e. The number of allylic oxidation sites excluding steroid dienone is 2. The van der Waals surface area contributed by atoms with Gasteiger partial charge in [-0.1, -0.05) is 47.6 Å². The fraction of sp³-hybridized carbons (Fsp3) is 0.800. The molecule has 0 aliphatic heterocycles. The van der Waals surface area contributed by atoms with E-state index in [1.165, 1.54) is 23.7 Å². The maximum absolute atomic E-state index is 2.48. The summed E-state index contributed by atoms with van der Waals surface area (Å²) >= 11 is 2.48. The minimum absolute atomic E-state index is 0.485. The van der Waals surface area contributed by atoms with Crippen LogP contribution < -0.4 is 0 Å². The molecule has 1 heteroatoms. The Labute approximate surface area is 83.6 Å². The largest absolute Gasteiger partial charge is 0.0815 e. The van der Waals surface area contributed by atoms with Crippen molar-refractivity contribution in [1.29, 1.82) is 0 Å². The lowest BCUT2D eigenvalue weighted by Gasteiger charge is -2.33. The van der Waals surface area contributed by atoms with Crippen LogP contribution in [-0.4, -0.2) is 4.43 Å². The average molecular weight is 264 g/mol. The molecule has 1 aliphatic carbocycles. The molecule has 0 bridgehead atoms. The third kappa shape index (κ3) is 1.98. The summed E-state index contributed by atoms with van der Waals surface area (Å²) in [5, 5.41) is 0. The average Bonchev–Trinajstić information content (AvgIpc) is 1.95. The van der Waals surface area contributed by atoms with Gasteiger partial charge in [0.25, 0.3) is 0 Å². The molecule has 0 aromatic rings. The maximum atomic E-state index is 2.48. The molecule has 0 saturated heterocycles. The summed E-state index contributed by atoms with van der Waals surface area (Å²) in [5.74, 6) is 0. The monoisotopic (exact) mass is 264 g/mol. The van der Waals surface area contributed by atoms with Crippen molar-refractivity contribution in [3.63, 3.8) is 0 Å². The van der Waals surface area contributed by atoms with Gasteiger partial charge in [-0.15, -0.1) is 0 Å². The Morgan fingerprint density at radius 3 is 2.55 bits per heavy atom. The molecular weight excluding hydrogens is 247 g/mol. The third-order valence-corrected chi connectivity index (χ3v) is 3.91. The summed E-state index contributed by atoms with van der Waals surface area (Å²) < 4.78 is 1.23. The van der Waals surface area contributed by atoms with Crippen LogP contribution in [0, 0.1) is 5.41 Å². The summed E-state index contributed by atoms with van der Waals surface area (Å²) in [6.45, 7) is 7.05. The third-order valence-electron chi connectivity index (χ3n) is 2.99. The minimum atomic E-state index is 0.485. The fourth-order valence-corrected chi connectivity index (χ4v) is 2.72. The van der Waals surface area contributed by atoms with Gasteiger partial charge in [-0.25, -0.2) is 0 Å². The molecule has 0 spiro atoms. The van der Waals surface area contributed by atoms with E-state index >= 15 is 0 Å². The topological polar surface area (TPSA) is 0 Å². The smallest absolute Gasteiger partial charge is 0.0208 e. The summed E-state index contributed by atoms with van der Waals surface area (Å²) in [4.78, 5) is 0. The number of alkyl halides is 1. The van der Waals surface area contributed by atoms with Gasteiger partial charge in [0.05, 0.1) is 0 Å². The second-order valence-electron chi connectivity index (χ2n) is 4.10. The quantitative estimate of drug-likeness (QED) is 0.382. The molecule has 0 atom stereocenters. The van der Waals surface area contributed by atoms with Gasteiger partial charge >= 0.3 is 0 Å². The van der Waals surface area contributed by atoms with Crippen molar-refractivity contribution in [3.05, 3.63) is 11.1 Å². The molecule has 0 N–H and O–H groups in total. The highest BCUT2D eigenvalue weighted by Gasteiger charge is 2.25. The fourth-order valence-electron chi connectivity index (χ4n) is 1.76. The zero-order valence-electron chi connectivity index (χ0n) is 7.71. The molecule has 0 radical (unpaired) electrons. The molecular formula is C10H17I. The van der Waals surface area contributed by atoms with Gasteiger partial charge < -0.3 is 0 Å². The first-order chi connectivity index (χ1) is 5.08. The molecule has 11 heavy (non-hydrogen) atoms. The summed E-state index contributed by atoms with van der Waals surface area (Å²) in [7, 11) is 0. The molecule has 0 unspecified atom stereocenters. The van der Waals surface area contributed by atoms with Gasteiger partial charge in [0.1, 0.15) is 0 Å². The van der Waals surface area contributed by atoms with Crippen LogP contribution in [0.4, 0.5) is 0 Å². The van der Waals surface area contributed by atoms with Gasteiger partial charge in [0.15, 0.2) is 0 Å². The molecule has 0 saturated carbocycles. The highest BCUT2D eigenvalue weighted by Crippen LogP contribution is 2.40. The van der Waals surface area contributed by atoms with Crippen molar-refractivity contribution in [2.24, 2.45) is 5.41 Å². The van der Waals surface area contributed by atoms with E-state index in [1.807, 2.05) is 0 Å². The van der Waals surface area contributed by atoms with E-state index in [2.05, 4.69) is 43.4 Å². The van der Waals surface area contributed by atoms with Crippen LogP contribution in [-0.2, 0) is 0 Å². The van der Waals surface area contributed by atoms with Gasteiger partial charge in [-0.05, 0) is 31.6 Å². The molecule has 0 nitrogen and oxygen atoms in total. The van der Waals surface area contributed by atoms with Crippen molar-refractivity contribution in [2.45, 2.75) is 40.0 Å². The van der Waals surface area contributed by atoms with Crippen LogP contribution >= 0.6 is 22.6 Å². The number of hydrogen-bond donors (Lipinski definition) is 0. The summed E-state index contributed by atoms with van der Waals surface area (Å²) in [6.07, 6.45) is 4.11. The van der Waals surface area contributed by atoms with Gasteiger partial charge in [-0.3, -0.25) is 0 Å². The van der Waals surface area contributed by atoms with E-state index in [0.717, 1.165) is 0 Å². The molecule has 64 valence electrons. The molecule has 0 aromatic heterocycles. The van der Waals surface area contributed by atoms with E-state index in [1.54, 1.807) is 11.1 Å². The summed E-state index contributed by atoms with van der Waals surface area (Å²) in [6, 6.07) is 0. The zero-order valence-corrected chi connectivity index (χ0v) is 9.86. The Hall–Kier alpha value is 0.470. The lowest BCUT2D eigenvalue weighted by Crippen LogP contribution is -2.19. The molecule has 0 aromatic carbocycles. The van der Waals surface area contributed by atoms with Gasteiger partial charge in [0.2, 0.25) is 0 Å². The number of halogens is 1. The van der Waals surface area contributed by atoms with E-state index in [9.17, 15) is 0 Å². The Kier molecular flexibility index (Phi) is 3.01. The molecule has 0 heterocycles. The Balaban J connectivity index is 2.89. The first-order valence-electron chi connectivity index (χ1n) is 4.33. The first kappa shape index (κ1) is 9.56. The Morgan fingerprint density at radius 2 is 2.09 bits per heavy atom. The predicted molar refractivity (Wildman–Crippen MR) is 59.2 cm³/mol. The zero-order chi connectivity index (χ0) is 8.48. The molecule has 0 fully saturated rings. The summed E-state index contributed by atoms with van der Waals surface area (Å²) in [5.41, 5.74) is 3.83. The van der Waals surface area contributed by atoms with Gasteiger partial charge in [-0.2, -0.15) is 0 Å². The second-order valence-corrected chi connectivity index (χ2v) is 4.86. The molecule has 1 aliphatic rings. The van der Waals surface area contributed by atoms with Crippen molar-refractivity contribution >= 4 is 22.6 Å². The van der Waals surface area contributed by atoms with Crippen molar-refractivity contribution in [2.75, 3.05) is 4.43 Å². The van der Waals surface area contributed by atoms with E-state index in [4.69, 9.17) is 0 Å². The van der Waals surface area contributed by atoms with Crippen LogP contribution in [0.15, 0.2) is 11.1 Å². The highest BCUT2D eigenvalue weighted by atomic mass is 127. The van der Waals surface area contributed by atoms with E-state index < -0.39 is 0 Å². The standard InChI is InChI=1S/C10H17I/c1-8-9(7-11)5-4-6-10(8,2)3/h4-7H2,1-3H3. The molecule has 1 rings (SSSR count). The highest BCUT2D eigenvalue weighted by molar-refractivity contribution is 14.1. The predicted octanol–water partition coefficient (Wildman–Crippen LogP) is 3.95. The number of rotatable bonds is 1. The lowest BCUT2D eigenvalue weighted by atomic mass is 9.74. The van der Waals surface area contributed by atoms with Gasteiger partial charge in [0, 0.05) is 4.43 Å². The van der Waals surface area contributed by atoms with E-state index in [0.29, 0.717) is 5.41 Å². The first-order valence-corrected chi connectivity index (χ1v) is 5.85. The lowest BCUT2D eigenvalue weighted by molar-refractivity contribution is 0.368. The molecule has 0 amide bonds. The van der Waals surface area contributed by atoms with Crippen molar-refractivity contribution in [3.8, 4) is 0 Å². The van der Waals surface area contributed by atoms with Crippen LogP contribution in [0.3, 0.4) is 0 Å². The maximum Gasteiger partial charge on any atom is 0.0208 e.